The summed E-state index contributed by atoms with van der Waals surface area (Å²) in [5.41, 5.74) is 4.32. The van der Waals surface area contributed by atoms with Crippen LogP contribution in [0.3, 0.4) is 0 Å². The number of hydrogen-bond acceptors (Lipinski definition) is 2. The second-order valence-corrected chi connectivity index (χ2v) is 8.25. The largest absolute Gasteiger partial charge is 0.318 e. The average Bonchev–Trinajstić information content (AvgIpc) is 3.37. The minimum absolute atomic E-state index is 0.0231. The van der Waals surface area contributed by atoms with Gasteiger partial charge in [-0.05, 0) is 35.2 Å². The summed E-state index contributed by atoms with van der Waals surface area (Å²) in [4.78, 5) is 16.4. The zero-order valence-electron chi connectivity index (χ0n) is 18.7. The van der Waals surface area contributed by atoms with Crippen LogP contribution in [0.25, 0.3) is 11.3 Å². The molecule has 0 atom stereocenters. The lowest BCUT2D eigenvalue weighted by atomic mass is 9.76. The maximum absolute atomic E-state index is 14.5. The van der Waals surface area contributed by atoms with Crippen LogP contribution in [0.5, 0.6) is 0 Å². The van der Waals surface area contributed by atoms with Gasteiger partial charge in [0, 0.05) is 11.8 Å². The van der Waals surface area contributed by atoms with Crippen molar-refractivity contribution >= 4 is 6.29 Å². The first-order valence-electron chi connectivity index (χ1n) is 11.1. The van der Waals surface area contributed by atoms with E-state index in [9.17, 15) is 9.18 Å². The van der Waals surface area contributed by atoms with Gasteiger partial charge >= 0.3 is 0 Å². The molecular weight excluding hydrogens is 423 g/mol. The normalized spacial score (nSPS) is 11.4. The Kier molecular flexibility index (Phi) is 5.64. The van der Waals surface area contributed by atoms with E-state index in [0.29, 0.717) is 17.5 Å². The van der Waals surface area contributed by atoms with Gasteiger partial charge in [0.1, 0.15) is 11.4 Å². The number of benzene rings is 4. The molecule has 1 heterocycles. The van der Waals surface area contributed by atoms with Crippen molar-refractivity contribution in [3.63, 3.8) is 0 Å². The maximum atomic E-state index is 14.5. The molecule has 34 heavy (non-hydrogen) atoms. The molecule has 0 aliphatic carbocycles. The number of imidazole rings is 1. The van der Waals surface area contributed by atoms with E-state index in [4.69, 9.17) is 0 Å². The fourth-order valence-electron chi connectivity index (χ4n) is 4.78. The lowest BCUT2D eigenvalue weighted by Crippen LogP contribution is -2.36. The SMILES string of the molecule is Cc1ccc(F)c(C=O)c1-c1cn(C(c2ccccc2)(c2ccccc2)c2ccccc2)cn1. The summed E-state index contributed by atoms with van der Waals surface area (Å²) in [6.07, 6.45) is 4.23. The minimum atomic E-state index is -0.725. The molecule has 0 radical (unpaired) electrons. The molecule has 0 saturated heterocycles. The van der Waals surface area contributed by atoms with Gasteiger partial charge in [-0.3, -0.25) is 4.79 Å². The molecule has 4 heteroatoms. The summed E-state index contributed by atoms with van der Waals surface area (Å²) in [5.74, 6) is -0.550. The van der Waals surface area contributed by atoms with Crippen LogP contribution >= 0.6 is 0 Å². The van der Waals surface area contributed by atoms with Gasteiger partial charge in [0.25, 0.3) is 0 Å². The van der Waals surface area contributed by atoms with Gasteiger partial charge in [0.15, 0.2) is 6.29 Å². The molecule has 5 aromatic rings. The summed E-state index contributed by atoms with van der Waals surface area (Å²) >= 11 is 0. The summed E-state index contributed by atoms with van der Waals surface area (Å²) < 4.78 is 16.5. The Hall–Kier alpha value is -4.31. The van der Waals surface area contributed by atoms with E-state index >= 15 is 0 Å². The predicted octanol–water partition coefficient (Wildman–Crippen LogP) is 6.65. The van der Waals surface area contributed by atoms with Gasteiger partial charge in [-0.1, -0.05) is 97.1 Å². The van der Waals surface area contributed by atoms with Crippen molar-refractivity contribution in [2.45, 2.75) is 12.5 Å². The first-order valence-corrected chi connectivity index (χ1v) is 11.1. The Morgan fingerprint density at radius 3 is 1.74 bits per heavy atom. The molecular formula is C30H23FN2O. The number of halogens is 1. The van der Waals surface area contributed by atoms with E-state index in [1.54, 1.807) is 12.4 Å². The summed E-state index contributed by atoms with van der Waals surface area (Å²) in [7, 11) is 0. The molecule has 166 valence electrons. The molecule has 0 amide bonds. The standard InChI is InChI=1S/C30H23FN2O/c1-22-17-18-27(31)26(20-34)29(22)28-19-33(21-32-28)30(23-11-5-2-6-12-23,24-13-7-3-8-14-24)25-15-9-4-10-16-25/h2-21H,1H3. The number of carbonyl (C=O) groups is 1. The van der Waals surface area contributed by atoms with Crippen molar-refractivity contribution < 1.29 is 9.18 Å². The van der Waals surface area contributed by atoms with E-state index in [2.05, 4.69) is 45.9 Å². The van der Waals surface area contributed by atoms with Gasteiger partial charge in [-0.25, -0.2) is 9.37 Å². The summed E-state index contributed by atoms with van der Waals surface area (Å²) in [6.45, 7) is 1.86. The van der Waals surface area contributed by atoms with Crippen LogP contribution in [0, 0.1) is 12.7 Å². The Morgan fingerprint density at radius 1 is 0.765 bits per heavy atom. The van der Waals surface area contributed by atoms with E-state index in [0.717, 1.165) is 22.3 Å². The van der Waals surface area contributed by atoms with Gasteiger partial charge in [0.05, 0.1) is 17.6 Å². The third-order valence-electron chi connectivity index (χ3n) is 6.32. The van der Waals surface area contributed by atoms with Crippen LogP contribution in [0.2, 0.25) is 0 Å². The van der Waals surface area contributed by atoms with Crippen LogP contribution < -0.4 is 0 Å². The monoisotopic (exact) mass is 446 g/mol. The van der Waals surface area contributed by atoms with Gasteiger partial charge in [0.2, 0.25) is 0 Å². The van der Waals surface area contributed by atoms with Crippen molar-refractivity contribution in [3.05, 3.63) is 149 Å². The van der Waals surface area contributed by atoms with Crippen LogP contribution in [-0.2, 0) is 5.54 Å². The first kappa shape index (κ1) is 21.5. The quantitative estimate of drug-likeness (QED) is 0.216. The number of rotatable bonds is 6. The number of aryl methyl sites for hydroxylation is 1. The topological polar surface area (TPSA) is 34.9 Å². The first-order chi connectivity index (χ1) is 16.7. The second-order valence-electron chi connectivity index (χ2n) is 8.25. The van der Waals surface area contributed by atoms with Crippen LogP contribution in [0.15, 0.2) is 116 Å². The van der Waals surface area contributed by atoms with E-state index in [1.807, 2.05) is 67.7 Å². The number of aromatic nitrogens is 2. The van der Waals surface area contributed by atoms with Crippen molar-refractivity contribution in [1.82, 2.24) is 9.55 Å². The Balaban J connectivity index is 1.84. The highest BCUT2D eigenvalue weighted by Crippen LogP contribution is 2.41. The Bertz CT molecular complexity index is 1330. The zero-order chi connectivity index (χ0) is 23.5. The Morgan fingerprint density at radius 2 is 1.26 bits per heavy atom. The number of nitrogens with zero attached hydrogens (tertiary/aromatic N) is 2. The third kappa shape index (κ3) is 3.44. The fourth-order valence-corrected chi connectivity index (χ4v) is 4.78. The molecule has 0 saturated carbocycles. The van der Waals surface area contributed by atoms with Crippen LogP contribution in [0.4, 0.5) is 4.39 Å². The zero-order valence-corrected chi connectivity index (χ0v) is 18.7. The average molecular weight is 447 g/mol. The van der Waals surface area contributed by atoms with Crippen LogP contribution in [0.1, 0.15) is 32.6 Å². The summed E-state index contributed by atoms with van der Waals surface area (Å²) in [5, 5.41) is 0. The van der Waals surface area contributed by atoms with E-state index in [1.165, 1.54) is 6.07 Å². The maximum Gasteiger partial charge on any atom is 0.153 e. The van der Waals surface area contributed by atoms with Crippen molar-refractivity contribution in [3.8, 4) is 11.3 Å². The molecule has 3 nitrogen and oxygen atoms in total. The number of aldehydes is 1. The number of carbonyl (C=O) groups excluding carboxylic acids is 1. The molecule has 0 N–H and O–H groups in total. The second kappa shape index (κ2) is 8.91. The molecule has 0 unspecified atom stereocenters. The van der Waals surface area contributed by atoms with Gasteiger partial charge < -0.3 is 4.57 Å². The molecule has 0 aliphatic heterocycles. The summed E-state index contributed by atoms with van der Waals surface area (Å²) in [6, 6.07) is 33.7. The number of hydrogen-bond donors (Lipinski definition) is 0. The molecule has 0 spiro atoms. The smallest absolute Gasteiger partial charge is 0.153 e. The van der Waals surface area contributed by atoms with E-state index < -0.39 is 11.4 Å². The highest BCUT2D eigenvalue weighted by Gasteiger charge is 2.38. The predicted molar refractivity (Wildman–Crippen MR) is 132 cm³/mol. The fraction of sp³-hybridized carbons (Fsp3) is 0.0667. The molecule has 0 aliphatic rings. The third-order valence-corrected chi connectivity index (χ3v) is 6.32. The Labute approximate surface area is 198 Å². The van der Waals surface area contributed by atoms with Gasteiger partial charge in [-0.2, -0.15) is 0 Å². The van der Waals surface area contributed by atoms with Crippen molar-refractivity contribution in [2.75, 3.05) is 0 Å². The molecule has 0 bridgehead atoms. The highest BCUT2D eigenvalue weighted by molar-refractivity contribution is 5.88. The van der Waals surface area contributed by atoms with Crippen LogP contribution in [-0.4, -0.2) is 15.8 Å². The lowest BCUT2D eigenvalue weighted by Gasteiger charge is -2.37. The molecule has 4 aromatic carbocycles. The van der Waals surface area contributed by atoms with E-state index in [-0.39, 0.29) is 5.56 Å². The molecule has 0 fully saturated rings. The van der Waals surface area contributed by atoms with Gasteiger partial charge in [-0.15, -0.1) is 0 Å². The highest BCUT2D eigenvalue weighted by atomic mass is 19.1. The van der Waals surface area contributed by atoms with Crippen molar-refractivity contribution in [1.29, 1.82) is 0 Å². The molecule has 1 aromatic heterocycles. The molecule has 5 rings (SSSR count). The minimum Gasteiger partial charge on any atom is -0.318 e. The lowest BCUT2D eigenvalue weighted by molar-refractivity contribution is 0.112. The van der Waals surface area contributed by atoms with Crippen molar-refractivity contribution in [2.24, 2.45) is 0 Å².